The Kier molecular flexibility index (Phi) is 65.1. The molecule has 6 heteroatoms. The molecule has 0 aliphatic heterocycles. The monoisotopic (exact) mass is 1100 g/mol. The second-order valence-electron chi connectivity index (χ2n) is 23.8. The third kappa shape index (κ3) is 64.5. The van der Waals surface area contributed by atoms with Crippen LogP contribution < -0.4 is 0 Å². The summed E-state index contributed by atoms with van der Waals surface area (Å²) in [4.78, 5) is 38.3. The van der Waals surface area contributed by atoms with E-state index >= 15 is 0 Å². The first kappa shape index (κ1) is 75.6. The van der Waals surface area contributed by atoms with Crippen molar-refractivity contribution in [3.05, 3.63) is 36.5 Å². The van der Waals surface area contributed by atoms with E-state index in [-0.39, 0.29) is 31.1 Å². The highest BCUT2D eigenvalue weighted by Crippen LogP contribution is 2.18. The maximum Gasteiger partial charge on any atom is 0.306 e. The molecular weight excluding hydrogens is 961 g/mol. The highest BCUT2D eigenvalue weighted by molar-refractivity contribution is 5.71. The Balaban J connectivity index is 4.12. The third-order valence-corrected chi connectivity index (χ3v) is 15.9. The van der Waals surface area contributed by atoms with Gasteiger partial charge in [0.15, 0.2) is 6.10 Å². The summed E-state index contributed by atoms with van der Waals surface area (Å²) < 4.78 is 16.9. The molecule has 0 aromatic rings. The van der Waals surface area contributed by atoms with E-state index in [2.05, 4.69) is 57.2 Å². The molecule has 0 heterocycles. The van der Waals surface area contributed by atoms with E-state index < -0.39 is 6.10 Å². The Morgan fingerprint density at radius 1 is 0.256 bits per heavy atom. The molecule has 0 rings (SSSR count). The molecule has 0 fully saturated rings. The number of carbonyl (C=O) groups excluding carboxylic acids is 3. The van der Waals surface area contributed by atoms with Gasteiger partial charge in [0, 0.05) is 19.3 Å². The second kappa shape index (κ2) is 67.1. The normalized spacial score (nSPS) is 12.2. The zero-order chi connectivity index (χ0) is 56.4. The van der Waals surface area contributed by atoms with Crippen molar-refractivity contribution in [1.82, 2.24) is 0 Å². The van der Waals surface area contributed by atoms with Gasteiger partial charge in [0.1, 0.15) is 13.2 Å². The van der Waals surface area contributed by atoms with Gasteiger partial charge in [-0.05, 0) is 57.8 Å². The van der Waals surface area contributed by atoms with Crippen LogP contribution in [0.15, 0.2) is 36.5 Å². The lowest BCUT2D eigenvalue weighted by Crippen LogP contribution is -2.30. The minimum absolute atomic E-state index is 0.0700. The van der Waals surface area contributed by atoms with Gasteiger partial charge in [0.25, 0.3) is 0 Å². The van der Waals surface area contributed by atoms with Gasteiger partial charge in [-0.15, -0.1) is 0 Å². The molecule has 0 saturated carbocycles. The second-order valence-corrected chi connectivity index (χ2v) is 23.8. The maximum atomic E-state index is 12.9. The van der Waals surface area contributed by atoms with E-state index in [1.165, 1.54) is 270 Å². The van der Waals surface area contributed by atoms with E-state index in [0.29, 0.717) is 19.3 Å². The van der Waals surface area contributed by atoms with Gasteiger partial charge in [-0.25, -0.2) is 0 Å². The summed E-state index contributed by atoms with van der Waals surface area (Å²) in [6.45, 7) is 6.67. The fourth-order valence-electron chi connectivity index (χ4n) is 10.6. The summed E-state index contributed by atoms with van der Waals surface area (Å²) in [6, 6.07) is 0. The summed E-state index contributed by atoms with van der Waals surface area (Å²) in [5.74, 6) is -0.854. The predicted molar refractivity (Wildman–Crippen MR) is 339 cm³/mol. The summed E-state index contributed by atoms with van der Waals surface area (Å²) >= 11 is 0. The van der Waals surface area contributed by atoms with Gasteiger partial charge in [0.05, 0.1) is 0 Å². The number of allylic oxidation sites excluding steroid dienone is 6. The molecular formula is C72H134O6. The van der Waals surface area contributed by atoms with Crippen LogP contribution in [0.2, 0.25) is 0 Å². The van der Waals surface area contributed by atoms with Crippen LogP contribution in [0.25, 0.3) is 0 Å². The lowest BCUT2D eigenvalue weighted by molar-refractivity contribution is -0.167. The van der Waals surface area contributed by atoms with Crippen molar-refractivity contribution in [2.24, 2.45) is 0 Å². The molecule has 0 spiro atoms. The van der Waals surface area contributed by atoms with Crippen molar-refractivity contribution in [3.63, 3.8) is 0 Å². The van der Waals surface area contributed by atoms with Gasteiger partial charge in [0.2, 0.25) is 0 Å². The number of rotatable bonds is 65. The van der Waals surface area contributed by atoms with Crippen LogP contribution in [0.1, 0.15) is 387 Å². The van der Waals surface area contributed by atoms with Crippen LogP contribution in [-0.4, -0.2) is 37.2 Å². The summed E-state index contributed by atoms with van der Waals surface area (Å²) in [5.41, 5.74) is 0. The molecule has 0 aromatic heterocycles. The maximum absolute atomic E-state index is 12.9. The van der Waals surface area contributed by atoms with Crippen LogP contribution >= 0.6 is 0 Å². The van der Waals surface area contributed by atoms with Crippen LogP contribution in [0.5, 0.6) is 0 Å². The number of carbonyl (C=O) groups is 3. The molecule has 6 nitrogen and oxygen atoms in total. The number of unbranched alkanes of at least 4 members (excludes halogenated alkanes) is 48. The fraction of sp³-hybridized carbons (Fsp3) is 0.875. The molecule has 0 aliphatic carbocycles. The number of hydrogen-bond donors (Lipinski definition) is 0. The summed E-state index contributed by atoms with van der Waals surface area (Å²) in [7, 11) is 0. The number of esters is 3. The largest absolute Gasteiger partial charge is 0.462 e. The SMILES string of the molecule is CCCCCCC/C=C\C/C=C\C/C=C\CCCCCCCCCCC(=O)OC(COC(=O)CCCCCCCCCCC)COC(=O)CCCCCCCCCCCCCCCCCCCCCCCCCCCCCC. The lowest BCUT2D eigenvalue weighted by Gasteiger charge is -2.18. The van der Waals surface area contributed by atoms with E-state index in [1.807, 2.05) is 0 Å². The van der Waals surface area contributed by atoms with Gasteiger partial charge in [-0.1, -0.05) is 346 Å². The van der Waals surface area contributed by atoms with Crippen molar-refractivity contribution >= 4 is 17.9 Å². The topological polar surface area (TPSA) is 78.9 Å². The summed E-state index contributed by atoms with van der Waals surface area (Å²) in [5, 5.41) is 0. The van der Waals surface area contributed by atoms with Crippen molar-refractivity contribution in [2.75, 3.05) is 13.2 Å². The van der Waals surface area contributed by atoms with Crippen LogP contribution in [-0.2, 0) is 28.6 Å². The molecule has 1 unspecified atom stereocenters. The highest BCUT2D eigenvalue weighted by Gasteiger charge is 2.19. The van der Waals surface area contributed by atoms with Gasteiger partial charge < -0.3 is 14.2 Å². The molecule has 0 radical (unpaired) electrons. The minimum atomic E-state index is -0.773. The first-order valence-electron chi connectivity index (χ1n) is 35.0. The average Bonchev–Trinajstić information content (AvgIpc) is 3.44. The van der Waals surface area contributed by atoms with Crippen LogP contribution in [0.3, 0.4) is 0 Å². The number of ether oxygens (including phenoxy) is 3. The molecule has 0 amide bonds. The Morgan fingerprint density at radius 2 is 0.462 bits per heavy atom. The number of hydrogen-bond acceptors (Lipinski definition) is 6. The van der Waals surface area contributed by atoms with E-state index in [0.717, 1.165) is 77.0 Å². The van der Waals surface area contributed by atoms with E-state index in [1.54, 1.807) is 0 Å². The zero-order valence-corrected chi connectivity index (χ0v) is 52.7. The Hall–Kier alpha value is -2.37. The average molecular weight is 1100 g/mol. The van der Waals surface area contributed by atoms with Crippen LogP contribution in [0, 0.1) is 0 Å². The lowest BCUT2D eigenvalue weighted by atomic mass is 10.0. The van der Waals surface area contributed by atoms with Crippen molar-refractivity contribution in [2.45, 2.75) is 393 Å². The molecule has 78 heavy (non-hydrogen) atoms. The van der Waals surface area contributed by atoms with E-state index in [9.17, 15) is 14.4 Å². The first-order valence-corrected chi connectivity index (χ1v) is 35.0. The van der Waals surface area contributed by atoms with E-state index in [4.69, 9.17) is 14.2 Å². The summed E-state index contributed by atoms with van der Waals surface area (Å²) in [6.07, 6.45) is 83.3. The highest BCUT2D eigenvalue weighted by atomic mass is 16.6. The first-order chi connectivity index (χ1) is 38.5. The van der Waals surface area contributed by atoms with Gasteiger partial charge >= 0.3 is 17.9 Å². The smallest absolute Gasteiger partial charge is 0.306 e. The van der Waals surface area contributed by atoms with Crippen LogP contribution in [0.4, 0.5) is 0 Å². The van der Waals surface area contributed by atoms with Gasteiger partial charge in [-0.2, -0.15) is 0 Å². The standard InChI is InChI=1S/C72H134O6/c1-4-7-10-13-16-19-21-23-25-27-29-31-33-34-35-36-37-39-40-42-44-46-48-50-53-56-59-62-65-71(74)77-68-69(67-76-70(73)64-61-58-55-52-18-15-12-9-6-3)78-72(75)66-63-60-57-54-51-49-47-45-43-41-38-32-30-28-26-24-22-20-17-14-11-8-5-2/h22,24,28,30,38,41,69H,4-21,23,25-27,29,31-37,39-40,42-68H2,1-3H3/b24-22-,30-28-,41-38-. The quantitative estimate of drug-likeness (QED) is 0.0261. The zero-order valence-electron chi connectivity index (χ0n) is 52.7. The Labute approximate surface area is 486 Å². The molecule has 0 saturated heterocycles. The molecule has 1 atom stereocenters. The van der Waals surface area contributed by atoms with Crippen molar-refractivity contribution in [1.29, 1.82) is 0 Å². The van der Waals surface area contributed by atoms with Crippen molar-refractivity contribution in [3.8, 4) is 0 Å². The molecule has 0 N–H and O–H groups in total. The fourth-order valence-corrected chi connectivity index (χ4v) is 10.6. The molecule has 0 aliphatic rings. The predicted octanol–water partition coefficient (Wildman–Crippen LogP) is 23.9. The molecule has 0 aromatic carbocycles. The van der Waals surface area contributed by atoms with Crippen molar-refractivity contribution < 1.29 is 28.6 Å². The third-order valence-electron chi connectivity index (χ3n) is 15.9. The Bertz CT molecular complexity index is 1300. The minimum Gasteiger partial charge on any atom is -0.462 e. The Morgan fingerprint density at radius 3 is 0.718 bits per heavy atom. The molecule has 0 bridgehead atoms. The van der Waals surface area contributed by atoms with Gasteiger partial charge in [-0.3, -0.25) is 14.4 Å². The molecule has 458 valence electrons.